The van der Waals surface area contributed by atoms with Gasteiger partial charge in [-0.25, -0.2) is 13.2 Å². The van der Waals surface area contributed by atoms with Crippen molar-refractivity contribution in [3.8, 4) is 17.2 Å². The van der Waals surface area contributed by atoms with Crippen molar-refractivity contribution in [2.24, 2.45) is 0 Å². The second-order valence-electron chi connectivity index (χ2n) is 6.16. The molecule has 7 nitrogen and oxygen atoms in total. The minimum Gasteiger partial charge on any atom is -0.454 e. The lowest BCUT2D eigenvalue weighted by atomic mass is 10.2. The number of hydrogen-bond donors (Lipinski definition) is 0. The van der Waals surface area contributed by atoms with Crippen LogP contribution in [0.2, 0.25) is 0 Å². The fraction of sp³-hybridized carbons (Fsp3) is 0.278. The zero-order valence-corrected chi connectivity index (χ0v) is 16.5. The van der Waals surface area contributed by atoms with Crippen LogP contribution in [0.5, 0.6) is 17.2 Å². The number of halogens is 1. The van der Waals surface area contributed by atoms with Crippen molar-refractivity contribution < 1.29 is 27.4 Å². The molecule has 0 spiro atoms. The lowest BCUT2D eigenvalue weighted by Crippen LogP contribution is -2.42. The van der Waals surface area contributed by atoms with Crippen LogP contribution in [-0.4, -0.2) is 38.1 Å². The van der Waals surface area contributed by atoms with Gasteiger partial charge in [-0.3, -0.25) is 0 Å². The summed E-state index contributed by atoms with van der Waals surface area (Å²) in [5.74, 6) is 0.755. The number of rotatable bonds is 4. The summed E-state index contributed by atoms with van der Waals surface area (Å²) in [7, 11) is -3.78. The van der Waals surface area contributed by atoms with Gasteiger partial charge in [-0.15, -0.1) is 0 Å². The minimum atomic E-state index is -3.78. The molecule has 9 heteroatoms. The topological polar surface area (TPSA) is 82.1 Å². The van der Waals surface area contributed by atoms with Gasteiger partial charge in [-0.05, 0) is 49.2 Å². The van der Waals surface area contributed by atoms with Crippen LogP contribution in [0.3, 0.4) is 0 Å². The molecule has 1 atom stereocenters. The molecule has 0 saturated carbocycles. The summed E-state index contributed by atoms with van der Waals surface area (Å²) in [6, 6.07) is 10.3. The van der Waals surface area contributed by atoms with E-state index in [4.69, 9.17) is 14.2 Å². The molecule has 2 aliphatic rings. The van der Waals surface area contributed by atoms with Gasteiger partial charge in [0.2, 0.25) is 16.8 Å². The van der Waals surface area contributed by atoms with Crippen LogP contribution in [0.1, 0.15) is 12.8 Å². The number of hydrogen-bond acceptors (Lipinski definition) is 6. The van der Waals surface area contributed by atoms with Crippen LogP contribution in [0, 0.1) is 0 Å². The lowest BCUT2D eigenvalue weighted by Gasteiger charge is -2.22. The zero-order valence-electron chi connectivity index (χ0n) is 14.1. The molecule has 1 fully saturated rings. The van der Waals surface area contributed by atoms with Crippen molar-refractivity contribution in [3.05, 3.63) is 46.9 Å². The van der Waals surface area contributed by atoms with Crippen LogP contribution in [0.15, 0.2) is 51.8 Å². The van der Waals surface area contributed by atoms with Gasteiger partial charge in [0.15, 0.2) is 11.5 Å². The maximum atomic E-state index is 12.9. The molecule has 0 amide bonds. The predicted octanol–water partition coefficient (Wildman–Crippen LogP) is 2.94. The molecular weight excluding hydrogens is 438 g/mol. The van der Waals surface area contributed by atoms with Crippen molar-refractivity contribution in [2.45, 2.75) is 23.8 Å². The van der Waals surface area contributed by atoms with Gasteiger partial charge in [0, 0.05) is 17.1 Å². The highest BCUT2D eigenvalue weighted by molar-refractivity contribution is 9.10. The van der Waals surface area contributed by atoms with Gasteiger partial charge >= 0.3 is 5.97 Å². The molecule has 27 heavy (non-hydrogen) atoms. The second-order valence-corrected chi connectivity index (χ2v) is 8.97. The van der Waals surface area contributed by atoms with E-state index in [0.717, 1.165) is 4.47 Å². The summed E-state index contributed by atoms with van der Waals surface area (Å²) < 4.78 is 43.8. The van der Waals surface area contributed by atoms with E-state index in [-0.39, 0.29) is 24.0 Å². The Balaban J connectivity index is 1.54. The summed E-state index contributed by atoms with van der Waals surface area (Å²) in [6.45, 7) is 0.397. The number of ether oxygens (including phenoxy) is 3. The summed E-state index contributed by atoms with van der Waals surface area (Å²) in [4.78, 5) is 12.8. The highest BCUT2D eigenvalue weighted by Crippen LogP contribution is 2.36. The number of fused-ring (bicyclic) bond motifs is 1. The van der Waals surface area contributed by atoms with Crippen molar-refractivity contribution in [1.82, 2.24) is 4.31 Å². The van der Waals surface area contributed by atoms with Gasteiger partial charge in [-0.2, -0.15) is 4.31 Å². The molecule has 1 saturated heterocycles. The first-order valence-corrected chi connectivity index (χ1v) is 10.6. The third kappa shape index (κ3) is 3.54. The maximum Gasteiger partial charge on any atom is 0.329 e. The normalized spacial score (nSPS) is 19.2. The number of esters is 1. The summed E-state index contributed by atoms with van der Waals surface area (Å²) in [6.07, 6.45) is 1.01. The molecule has 0 aliphatic carbocycles. The number of benzene rings is 2. The van der Waals surface area contributed by atoms with Crippen molar-refractivity contribution >= 4 is 31.9 Å². The number of carbonyl (C=O) groups is 1. The molecule has 142 valence electrons. The number of carbonyl (C=O) groups excluding carboxylic acids is 1. The van der Waals surface area contributed by atoms with E-state index in [1.54, 1.807) is 30.3 Å². The van der Waals surface area contributed by atoms with E-state index in [1.807, 2.05) is 0 Å². The van der Waals surface area contributed by atoms with E-state index in [2.05, 4.69) is 15.9 Å². The third-order valence-electron chi connectivity index (χ3n) is 4.46. The summed E-state index contributed by atoms with van der Waals surface area (Å²) in [5.41, 5.74) is 0. The van der Waals surface area contributed by atoms with Crippen LogP contribution >= 0.6 is 15.9 Å². The van der Waals surface area contributed by atoms with Gasteiger partial charge < -0.3 is 14.2 Å². The van der Waals surface area contributed by atoms with Gasteiger partial charge in [0.1, 0.15) is 11.8 Å². The van der Waals surface area contributed by atoms with Crippen molar-refractivity contribution in [1.29, 1.82) is 0 Å². The summed E-state index contributed by atoms with van der Waals surface area (Å²) in [5, 5.41) is 0. The van der Waals surface area contributed by atoms with Gasteiger partial charge in [0.05, 0.1) is 4.90 Å². The predicted molar refractivity (Wildman–Crippen MR) is 99.3 cm³/mol. The Bertz CT molecular complexity index is 976. The second kappa shape index (κ2) is 7.14. The first kappa shape index (κ1) is 18.3. The number of sulfonamides is 1. The average molecular weight is 454 g/mol. The smallest absolute Gasteiger partial charge is 0.329 e. The first-order valence-electron chi connectivity index (χ1n) is 8.34. The molecule has 2 heterocycles. The Kier molecular flexibility index (Phi) is 4.83. The minimum absolute atomic E-state index is 0.120. The van der Waals surface area contributed by atoms with Crippen LogP contribution < -0.4 is 14.2 Å². The van der Waals surface area contributed by atoms with E-state index in [0.29, 0.717) is 24.3 Å². The maximum absolute atomic E-state index is 12.9. The van der Waals surface area contributed by atoms with E-state index >= 15 is 0 Å². The molecule has 2 aromatic carbocycles. The van der Waals surface area contributed by atoms with E-state index in [9.17, 15) is 13.2 Å². The quantitative estimate of drug-likeness (QED) is 0.522. The van der Waals surface area contributed by atoms with Crippen LogP contribution in [0.4, 0.5) is 0 Å². The van der Waals surface area contributed by atoms with E-state index < -0.39 is 22.0 Å². The van der Waals surface area contributed by atoms with Crippen molar-refractivity contribution in [2.75, 3.05) is 13.3 Å². The van der Waals surface area contributed by atoms with Crippen molar-refractivity contribution in [3.63, 3.8) is 0 Å². The zero-order chi connectivity index (χ0) is 19.0. The highest BCUT2D eigenvalue weighted by Gasteiger charge is 2.40. The Labute approximate surface area is 165 Å². The molecule has 4 rings (SSSR count). The lowest BCUT2D eigenvalue weighted by molar-refractivity contribution is -0.137. The van der Waals surface area contributed by atoms with Gasteiger partial charge in [-0.1, -0.05) is 15.9 Å². The molecule has 1 unspecified atom stereocenters. The molecule has 0 bridgehead atoms. The fourth-order valence-corrected chi connectivity index (χ4v) is 5.04. The van der Waals surface area contributed by atoms with Crippen LogP contribution in [0.25, 0.3) is 0 Å². The third-order valence-corrected chi connectivity index (χ3v) is 6.91. The van der Waals surface area contributed by atoms with E-state index in [1.165, 1.54) is 16.4 Å². The molecular formula is C18H16BrNO6S. The van der Waals surface area contributed by atoms with Gasteiger partial charge in [0.25, 0.3) is 0 Å². The molecule has 2 aromatic rings. The molecule has 0 aromatic heterocycles. The molecule has 2 aliphatic heterocycles. The fourth-order valence-electron chi connectivity index (χ4n) is 3.13. The Morgan fingerprint density at radius 1 is 1.11 bits per heavy atom. The Morgan fingerprint density at radius 3 is 2.63 bits per heavy atom. The largest absolute Gasteiger partial charge is 0.454 e. The Hall–Kier alpha value is -2.10. The molecule has 0 N–H and O–H groups in total. The first-order chi connectivity index (χ1) is 12.9. The SMILES string of the molecule is O=C(Oc1ccc2c(c1)OCO2)C1CCCN1S(=O)(=O)c1ccc(Br)cc1. The Morgan fingerprint density at radius 2 is 1.85 bits per heavy atom. The highest BCUT2D eigenvalue weighted by atomic mass is 79.9. The molecule has 0 radical (unpaired) electrons. The standard InChI is InChI=1S/C18H16BrNO6S/c19-12-3-6-14(7-4-12)27(22,23)20-9-1-2-15(20)18(21)26-13-5-8-16-17(10-13)25-11-24-16/h3-8,10,15H,1-2,9,11H2. The average Bonchev–Trinajstić information content (AvgIpc) is 3.31. The summed E-state index contributed by atoms with van der Waals surface area (Å²) >= 11 is 3.29. The number of nitrogens with zero attached hydrogens (tertiary/aromatic N) is 1. The monoisotopic (exact) mass is 453 g/mol. The van der Waals surface area contributed by atoms with Crippen LogP contribution in [-0.2, 0) is 14.8 Å².